The predicted octanol–water partition coefficient (Wildman–Crippen LogP) is 4.13. The van der Waals surface area contributed by atoms with Gasteiger partial charge in [0.05, 0.1) is 16.5 Å². The molecule has 1 atom stereocenters. The lowest BCUT2D eigenvalue weighted by Crippen LogP contribution is -2.31. The molecule has 0 aromatic heterocycles. The van der Waals surface area contributed by atoms with Gasteiger partial charge in [0.15, 0.2) is 15.1 Å². The SMILES string of the molecule is CC(C(=O)Oc1ccc(-c2ccc(C#N)cc2)cc1)S(=O)(=O)c1ccc(F)cc1. The van der Waals surface area contributed by atoms with Gasteiger partial charge < -0.3 is 4.74 Å². The van der Waals surface area contributed by atoms with Crippen LogP contribution in [-0.4, -0.2) is 19.6 Å². The van der Waals surface area contributed by atoms with Crippen molar-refractivity contribution in [3.8, 4) is 22.9 Å². The quantitative estimate of drug-likeness (QED) is 0.359. The molecular formula is C22H16FNO4S. The van der Waals surface area contributed by atoms with Crippen molar-refractivity contribution in [3.63, 3.8) is 0 Å². The zero-order valence-electron chi connectivity index (χ0n) is 15.4. The minimum Gasteiger partial charge on any atom is -0.426 e. The summed E-state index contributed by atoms with van der Waals surface area (Å²) in [4.78, 5) is 12.2. The summed E-state index contributed by atoms with van der Waals surface area (Å²) < 4.78 is 43.3. The first kappa shape index (κ1) is 20.2. The molecule has 0 aliphatic carbocycles. The highest BCUT2D eigenvalue weighted by Crippen LogP contribution is 2.24. The number of ether oxygens (including phenoxy) is 1. The summed E-state index contributed by atoms with van der Waals surface area (Å²) in [5.41, 5.74) is 2.28. The zero-order chi connectivity index (χ0) is 21.0. The molecule has 0 heterocycles. The second-order valence-electron chi connectivity index (χ2n) is 6.28. The van der Waals surface area contributed by atoms with E-state index >= 15 is 0 Å². The maximum Gasteiger partial charge on any atom is 0.329 e. The number of nitrogens with zero attached hydrogens (tertiary/aromatic N) is 1. The van der Waals surface area contributed by atoms with E-state index in [1.54, 1.807) is 48.5 Å². The number of carbonyl (C=O) groups excluding carboxylic acids is 1. The van der Waals surface area contributed by atoms with E-state index in [-0.39, 0.29) is 10.6 Å². The molecule has 0 aliphatic heterocycles. The number of hydrogen-bond donors (Lipinski definition) is 0. The zero-order valence-corrected chi connectivity index (χ0v) is 16.2. The molecule has 0 saturated carbocycles. The average Bonchev–Trinajstić information content (AvgIpc) is 2.74. The Kier molecular flexibility index (Phi) is 5.76. The second-order valence-corrected chi connectivity index (χ2v) is 8.54. The van der Waals surface area contributed by atoms with E-state index in [1.165, 1.54) is 6.92 Å². The van der Waals surface area contributed by atoms with Crippen LogP contribution in [0.5, 0.6) is 5.75 Å². The van der Waals surface area contributed by atoms with Crippen LogP contribution in [0.15, 0.2) is 77.7 Å². The molecule has 0 radical (unpaired) electrons. The van der Waals surface area contributed by atoms with Crippen LogP contribution in [0.25, 0.3) is 11.1 Å². The molecule has 3 rings (SSSR count). The van der Waals surface area contributed by atoms with Gasteiger partial charge in [-0.15, -0.1) is 0 Å². The van der Waals surface area contributed by atoms with E-state index in [1.807, 2.05) is 6.07 Å². The van der Waals surface area contributed by atoms with E-state index in [9.17, 15) is 17.6 Å². The maximum atomic E-state index is 13.0. The lowest BCUT2D eigenvalue weighted by molar-refractivity contribution is -0.133. The Balaban J connectivity index is 1.73. The van der Waals surface area contributed by atoms with Crippen LogP contribution in [0, 0.1) is 17.1 Å². The van der Waals surface area contributed by atoms with E-state index in [2.05, 4.69) is 0 Å². The highest BCUT2D eigenvalue weighted by atomic mass is 32.2. The summed E-state index contributed by atoms with van der Waals surface area (Å²) in [7, 11) is -4.00. The molecule has 0 fully saturated rings. The molecular weight excluding hydrogens is 393 g/mol. The van der Waals surface area contributed by atoms with Gasteiger partial charge in [-0.2, -0.15) is 5.26 Å². The molecule has 0 amide bonds. The normalized spacial score (nSPS) is 12.0. The Hall–Kier alpha value is -3.50. The van der Waals surface area contributed by atoms with Crippen LogP contribution in [0.2, 0.25) is 0 Å². The first-order valence-electron chi connectivity index (χ1n) is 8.63. The number of sulfone groups is 1. The summed E-state index contributed by atoms with van der Waals surface area (Å²) in [5.74, 6) is -1.30. The fourth-order valence-corrected chi connectivity index (χ4v) is 3.83. The van der Waals surface area contributed by atoms with E-state index in [4.69, 9.17) is 10.00 Å². The highest BCUT2D eigenvalue weighted by Gasteiger charge is 2.31. The molecule has 29 heavy (non-hydrogen) atoms. The minimum absolute atomic E-state index is 0.153. The number of esters is 1. The van der Waals surface area contributed by atoms with Crippen molar-refractivity contribution in [1.82, 2.24) is 0 Å². The van der Waals surface area contributed by atoms with Crippen molar-refractivity contribution in [3.05, 3.63) is 84.2 Å². The Morgan fingerprint density at radius 2 is 1.45 bits per heavy atom. The van der Waals surface area contributed by atoms with Crippen molar-refractivity contribution in [2.24, 2.45) is 0 Å². The fourth-order valence-electron chi connectivity index (χ4n) is 2.61. The number of benzene rings is 3. The monoisotopic (exact) mass is 409 g/mol. The Labute approximate surface area is 167 Å². The minimum atomic E-state index is -4.00. The third-order valence-corrected chi connectivity index (χ3v) is 6.41. The molecule has 7 heteroatoms. The van der Waals surface area contributed by atoms with Gasteiger partial charge >= 0.3 is 5.97 Å². The first-order valence-corrected chi connectivity index (χ1v) is 10.2. The number of halogens is 1. The summed E-state index contributed by atoms with van der Waals surface area (Å²) >= 11 is 0. The number of nitriles is 1. The van der Waals surface area contributed by atoms with Crippen molar-refractivity contribution in [2.45, 2.75) is 17.1 Å². The van der Waals surface area contributed by atoms with Gasteiger partial charge in [-0.25, -0.2) is 12.8 Å². The maximum absolute atomic E-state index is 13.0. The predicted molar refractivity (Wildman–Crippen MR) is 105 cm³/mol. The summed E-state index contributed by atoms with van der Waals surface area (Å²) in [6.45, 7) is 1.23. The van der Waals surface area contributed by atoms with E-state index < -0.39 is 26.9 Å². The Bertz CT molecular complexity index is 1160. The molecule has 0 bridgehead atoms. The standard InChI is InChI=1S/C22H16FNO4S/c1-15(29(26,27)21-12-8-19(23)9-13-21)22(25)28-20-10-6-18(7-11-20)17-4-2-16(14-24)3-5-17/h2-13,15H,1H3. The molecule has 3 aromatic carbocycles. The number of carbonyl (C=O) groups is 1. The van der Waals surface area contributed by atoms with Gasteiger partial charge in [-0.3, -0.25) is 4.79 Å². The summed E-state index contributed by atoms with van der Waals surface area (Å²) in [6.07, 6.45) is 0. The molecule has 0 spiro atoms. The third kappa shape index (κ3) is 4.50. The molecule has 3 aromatic rings. The summed E-state index contributed by atoms with van der Waals surface area (Å²) in [6, 6.07) is 19.9. The first-order chi connectivity index (χ1) is 13.8. The Morgan fingerprint density at radius 1 is 0.931 bits per heavy atom. The second kappa shape index (κ2) is 8.25. The van der Waals surface area contributed by atoms with Crippen molar-refractivity contribution >= 4 is 15.8 Å². The van der Waals surface area contributed by atoms with E-state index in [0.29, 0.717) is 5.56 Å². The summed E-state index contributed by atoms with van der Waals surface area (Å²) in [5, 5.41) is 7.40. The topological polar surface area (TPSA) is 84.2 Å². The van der Waals surface area contributed by atoms with Crippen LogP contribution in [0.3, 0.4) is 0 Å². The van der Waals surface area contributed by atoms with Crippen molar-refractivity contribution < 1.29 is 22.3 Å². The fraction of sp³-hybridized carbons (Fsp3) is 0.0909. The van der Waals surface area contributed by atoms with Gasteiger partial charge in [0.25, 0.3) is 0 Å². The molecule has 5 nitrogen and oxygen atoms in total. The van der Waals surface area contributed by atoms with Crippen molar-refractivity contribution in [2.75, 3.05) is 0 Å². The molecule has 0 N–H and O–H groups in total. The number of rotatable bonds is 5. The lowest BCUT2D eigenvalue weighted by Gasteiger charge is -2.13. The molecule has 1 unspecified atom stereocenters. The highest BCUT2D eigenvalue weighted by molar-refractivity contribution is 7.92. The third-order valence-electron chi connectivity index (χ3n) is 4.36. The van der Waals surface area contributed by atoms with Crippen LogP contribution < -0.4 is 4.74 Å². The molecule has 0 aliphatic rings. The average molecular weight is 409 g/mol. The molecule has 146 valence electrons. The van der Waals surface area contributed by atoms with Gasteiger partial charge in [-0.05, 0) is 66.6 Å². The smallest absolute Gasteiger partial charge is 0.329 e. The van der Waals surface area contributed by atoms with E-state index in [0.717, 1.165) is 35.4 Å². The van der Waals surface area contributed by atoms with Crippen LogP contribution in [0.1, 0.15) is 12.5 Å². The van der Waals surface area contributed by atoms with Gasteiger partial charge in [0.2, 0.25) is 0 Å². The van der Waals surface area contributed by atoms with Crippen LogP contribution in [0.4, 0.5) is 4.39 Å². The number of hydrogen-bond acceptors (Lipinski definition) is 5. The Morgan fingerprint density at radius 3 is 1.97 bits per heavy atom. The molecule has 0 saturated heterocycles. The van der Waals surface area contributed by atoms with Crippen molar-refractivity contribution in [1.29, 1.82) is 5.26 Å². The largest absolute Gasteiger partial charge is 0.426 e. The lowest BCUT2D eigenvalue weighted by atomic mass is 10.0. The van der Waals surface area contributed by atoms with Gasteiger partial charge in [0.1, 0.15) is 11.6 Å². The van der Waals surface area contributed by atoms with Gasteiger partial charge in [0, 0.05) is 0 Å². The van der Waals surface area contributed by atoms with Gasteiger partial charge in [-0.1, -0.05) is 24.3 Å². The van der Waals surface area contributed by atoms with Crippen LogP contribution in [-0.2, 0) is 14.6 Å². The van der Waals surface area contributed by atoms with Crippen LogP contribution >= 0.6 is 0 Å².